The summed E-state index contributed by atoms with van der Waals surface area (Å²) in [6.45, 7) is 3.09. The normalized spacial score (nSPS) is 19.5. The number of nitrogens with one attached hydrogen (secondary N) is 2. The summed E-state index contributed by atoms with van der Waals surface area (Å²) in [5.41, 5.74) is 0.829. The number of H-pyrrole nitrogens is 1. The van der Waals surface area contributed by atoms with E-state index in [9.17, 15) is 0 Å². The molecule has 0 bridgehead atoms. The smallest absolute Gasteiger partial charge is 0.245 e. The molecule has 0 amide bonds. The Morgan fingerprint density at radius 2 is 2.40 bits per heavy atom. The van der Waals surface area contributed by atoms with E-state index in [1.807, 2.05) is 26.4 Å². The fourth-order valence-corrected chi connectivity index (χ4v) is 2.75. The molecule has 1 aliphatic rings. The van der Waals surface area contributed by atoms with Crippen molar-refractivity contribution in [3.63, 3.8) is 0 Å². The van der Waals surface area contributed by atoms with E-state index in [1.165, 1.54) is 12.8 Å². The van der Waals surface area contributed by atoms with Gasteiger partial charge in [-0.3, -0.25) is 9.78 Å². The lowest BCUT2D eigenvalue weighted by molar-refractivity contribution is 0.399. The summed E-state index contributed by atoms with van der Waals surface area (Å²) < 4.78 is 1.77. The molecule has 0 radical (unpaired) electrons. The minimum absolute atomic E-state index is 0.672. The van der Waals surface area contributed by atoms with E-state index in [4.69, 9.17) is 0 Å². The maximum absolute atomic E-state index is 4.58. The lowest BCUT2D eigenvalue weighted by Gasteiger charge is -2.31. The molecule has 2 aromatic rings. The number of hydrogen-bond acceptors (Lipinski definition) is 5. The van der Waals surface area contributed by atoms with Crippen LogP contribution >= 0.6 is 0 Å². The van der Waals surface area contributed by atoms with Crippen LogP contribution in [0.25, 0.3) is 11.5 Å². The van der Waals surface area contributed by atoms with Gasteiger partial charge in [-0.25, -0.2) is 0 Å². The largest absolute Gasteiger partial charge is 0.339 e. The number of aryl methyl sites for hydroxylation is 1. The molecule has 0 saturated carbocycles. The van der Waals surface area contributed by atoms with E-state index >= 15 is 0 Å². The minimum atomic E-state index is 0.672. The molecule has 2 aromatic heterocycles. The van der Waals surface area contributed by atoms with Gasteiger partial charge in [0.15, 0.2) is 5.82 Å². The third-order valence-electron chi connectivity index (χ3n) is 3.72. The van der Waals surface area contributed by atoms with Crippen LogP contribution in [-0.4, -0.2) is 51.6 Å². The molecule has 20 heavy (non-hydrogen) atoms. The second kappa shape index (κ2) is 5.62. The molecule has 1 unspecified atom stereocenters. The maximum atomic E-state index is 4.58. The molecule has 1 saturated heterocycles. The van der Waals surface area contributed by atoms with Gasteiger partial charge in [0.1, 0.15) is 5.69 Å². The van der Waals surface area contributed by atoms with Crippen molar-refractivity contribution >= 4 is 5.95 Å². The molecular formula is C13H21N7. The summed E-state index contributed by atoms with van der Waals surface area (Å²) in [4.78, 5) is 6.83. The van der Waals surface area contributed by atoms with E-state index in [0.29, 0.717) is 5.92 Å². The van der Waals surface area contributed by atoms with Gasteiger partial charge < -0.3 is 10.2 Å². The van der Waals surface area contributed by atoms with Crippen LogP contribution in [0, 0.1) is 5.92 Å². The molecule has 1 fully saturated rings. The predicted octanol–water partition coefficient (Wildman–Crippen LogP) is 0.641. The average Bonchev–Trinajstić information content (AvgIpc) is 3.08. The first-order valence-corrected chi connectivity index (χ1v) is 7.08. The van der Waals surface area contributed by atoms with Gasteiger partial charge in [0.25, 0.3) is 0 Å². The van der Waals surface area contributed by atoms with Gasteiger partial charge in [0.05, 0.1) is 0 Å². The molecule has 0 spiro atoms. The van der Waals surface area contributed by atoms with Gasteiger partial charge in [-0.05, 0) is 38.4 Å². The lowest BCUT2D eigenvalue weighted by Crippen LogP contribution is -2.39. The Labute approximate surface area is 118 Å². The third kappa shape index (κ3) is 2.67. The van der Waals surface area contributed by atoms with E-state index in [-0.39, 0.29) is 0 Å². The van der Waals surface area contributed by atoms with Crippen molar-refractivity contribution in [2.75, 3.05) is 31.6 Å². The Balaban J connectivity index is 1.73. The molecule has 1 atom stereocenters. The molecule has 3 heterocycles. The highest BCUT2D eigenvalue weighted by molar-refractivity contribution is 5.50. The predicted molar refractivity (Wildman–Crippen MR) is 77.4 cm³/mol. The van der Waals surface area contributed by atoms with Crippen molar-refractivity contribution in [2.24, 2.45) is 13.0 Å². The molecule has 1 aliphatic heterocycles. The van der Waals surface area contributed by atoms with Crippen LogP contribution in [0.15, 0.2) is 12.3 Å². The zero-order chi connectivity index (χ0) is 13.9. The van der Waals surface area contributed by atoms with Crippen LogP contribution in [0.1, 0.15) is 12.8 Å². The molecule has 0 aromatic carbocycles. The van der Waals surface area contributed by atoms with Gasteiger partial charge in [-0.2, -0.15) is 10.1 Å². The number of aromatic amines is 1. The number of nitrogens with zero attached hydrogens (tertiary/aromatic N) is 5. The highest BCUT2D eigenvalue weighted by atomic mass is 15.4. The SMILES string of the molecule is CNCC1CCCN(c2n[nH]c(-c3ccn(C)n3)n2)C1. The standard InChI is InChI=1S/C13H21N7/c1-14-8-10-4-3-6-20(9-10)13-15-12(16-17-13)11-5-7-19(2)18-11/h5,7,10,14H,3-4,6,8-9H2,1-2H3,(H,15,16,17). The molecule has 0 aliphatic carbocycles. The second-order valence-corrected chi connectivity index (χ2v) is 5.37. The van der Waals surface area contributed by atoms with Gasteiger partial charge >= 0.3 is 0 Å². The highest BCUT2D eigenvalue weighted by Gasteiger charge is 2.22. The lowest BCUT2D eigenvalue weighted by atomic mass is 9.98. The number of hydrogen-bond donors (Lipinski definition) is 2. The Kier molecular flexibility index (Phi) is 3.68. The molecule has 2 N–H and O–H groups in total. The third-order valence-corrected chi connectivity index (χ3v) is 3.72. The van der Waals surface area contributed by atoms with Crippen molar-refractivity contribution in [1.29, 1.82) is 0 Å². The first-order valence-electron chi connectivity index (χ1n) is 7.08. The monoisotopic (exact) mass is 275 g/mol. The summed E-state index contributed by atoms with van der Waals surface area (Å²) in [7, 11) is 3.90. The Bertz CT molecular complexity index is 557. The van der Waals surface area contributed by atoms with Crippen LogP contribution in [-0.2, 0) is 7.05 Å². The van der Waals surface area contributed by atoms with E-state index in [1.54, 1.807) is 4.68 Å². The first kappa shape index (κ1) is 13.1. The minimum Gasteiger partial charge on any atom is -0.339 e. The summed E-state index contributed by atoms with van der Waals surface area (Å²) in [6.07, 6.45) is 4.37. The van der Waals surface area contributed by atoms with Gasteiger partial charge in [-0.1, -0.05) is 0 Å². The summed E-state index contributed by atoms with van der Waals surface area (Å²) in [5, 5.41) is 14.9. The van der Waals surface area contributed by atoms with Crippen LogP contribution in [0.2, 0.25) is 0 Å². The van der Waals surface area contributed by atoms with Gasteiger partial charge in [0.2, 0.25) is 5.95 Å². The highest BCUT2D eigenvalue weighted by Crippen LogP contribution is 2.21. The Hall–Kier alpha value is -1.89. The van der Waals surface area contributed by atoms with Crippen LogP contribution in [0.4, 0.5) is 5.95 Å². The Morgan fingerprint density at radius 1 is 1.50 bits per heavy atom. The van der Waals surface area contributed by atoms with Crippen molar-refractivity contribution in [3.05, 3.63) is 12.3 Å². The van der Waals surface area contributed by atoms with Crippen LogP contribution in [0.3, 0.4) is 0 Å². The van der Waals surface area contributed by atoms with Crippen molar-refractivity contribution < 1.29 is 0 Å². The van der Waals surface area contributed by atoms with E-state index in [0.717, 1.165) is 37.1 Å². The van der Waals surface area contributed by atoms with E-state index in [2.05, 4.69) is 30.5 Å². The summed E-state index contributed by atoms with van der Waals surface area (Å²) in [5.74, 6) is 2.19. The second-order valence-electron chi connectivity index (χ2n) is 5.37. The fourth-order valence-electron chi connectivity index (χ4n) is 2.75. The zero-order valence-corrected chi connectivity index (χ0v) is 12.0. The topological polar surface area (TPSA) is 74.7 Å². The quantitative estimate of drug-likeness (QED) is 0.856. The van der Waals surface area contributed by atoms with Crippen LogP contribution in [0.5, 0.6) is 0 Å². The zero-order valence-electron chi connectivity index (χ0n) is 12.0. The summed E-state index contributed by atoms with van der Waals surface area (Å²) >= 11 is 0. The Morgan fingerprint density at radius 3 is 3.15 bits per heavy atom. The number of aromatic nitrogens is 5. The molecule has 108 valence electrons. The van der Waals surface area contributed by atoms with Crippen molar-refractivity contribution in [3.8, 4) is 11.5 Å². The summed E-state index contributed by atoms with van der Waals surface area (Å²) in [6, 6.07) is 1.93. The number of rotatable bonds is 4. The van der Waals surface area contributed by atoms with Gasteiger partial charge in [-0.15, -0.1) is 5.10 Å². The number of anilines is 1. The maximum Gasteiger partial charge on any atom is 0.245 e. The average molecular weight is 275 g/mol. The fraction of sp³-hybridized carbons (Fsp3) is 0.615. The number of piperidine rings is 1. The van der Waals surface area contributed by atoms with Crippen LogP contribution < -0.4 is 10.2 Å². The molecular weight excluding hydrogens is 254 g/mol. The van der Waals surface area contributed by atoms with Crippen molar-refractivity contribution in [2.45, 2.75) is 12.8 Å². The van der Waals surface area contributed by atoms with Gasteiger partial charge in [0, 0.05) is 26.3 Å². The van der Waals surface area contributed by atoms with Crippen molar-refractivity contribution in [1.82, 2.24) is 30.3 Å². The van der Waals surface area contributed by atoms with E-state index < -0.39 is 0 Å². The molecule has 3 rings (SSSR count). The molecule has 7 heteroatoms. The first-order chi connectivity index (χ1) is 9.76. The molecule has 7 nitrogen and oxygen atoms in total.